The highest BCUT2D eigenvalue weighted by molar-refractivity contribution is 5.73. The molecule has 17 heavy (non-hydrogen) atoms. The molecule has 0 aromatic heterocycles. The second-order valence-electron chi connectivity index (χ2n) is 3.96. The summed E-state index contributed by atoms with van der Waals surface area (Å²) in [5.41, 5.74) is 0. The molecule has 0 aliphatic rings. The minimum absolute atomic E-state index is 0.216. The van der Waals surface area contributed by atoms with Gasteiger partial charge >= 0.3 is 11.9 Å². The Labute approximate surface area is 103 Å². The number of ether oxygens (including phenoxy) is 2. The van der Waals surface area contributed by atoms with Crippen LogP contribution in [0.1, 0.15) is 27.2 Å². The fourth-order valence-electron chi connectivity index (χ4n) is 1.54. The minimum Gasteiger partial charge on any atom is -0.468 e. The van der Waals surface area contributed by atoms with Gasteiger partial charge in [0.25, 0.3) is 0 Å². The molecule has 0 radical (unpaired) electrons. The zero-order valence-corrected chi connectivity index (χ0v) is 11.2. The number of methoxy groups -OCH3 is 1. The van der Waals surface area contributed by atoms with Crippen LogP contribution in [-0.4, -0.2) is 50.2 Å². The molecule has 0 aromatic carbocycles. The molecule has 0 heterocycles. The Morgan fingerprint density at radius 2 is 1.94 bits per heavy atom. The van der Waals surface area contributed by atoms with Gasteiger partial charge in [-0.3, -0.25) is 14.5 Å². The van der Waals surface area contributed by atoms with Crippen LogP contribution in [0.2, 0.25) is 0 Å². The van der Waals surface area contributed by atoms with Crippen LogP contribution in [0.3, 0.4) is 0 Å². The molecule has 5 heteroatoms. The topological polar surface area (TPSA) is 55.8 Å². The maximum absolute atomic E-state index is 11.5. The average molecular weight is 245 g/mol. The lowest BCUT2D eigenvalue weighted by atomic mass is 10.1. The number of hydrogen-bond donors (Lipinski definition) is 0. The maximum atomic E-state index is 11.5. The first-order chi connectivity index (χ1) is 8.04. The largest absolute Gasteiger partial charge is 0.468 e. The average Bonchev–Trinajstić information content (AvgIpc) is 2.29. The van der Waals surface area contributed by atoms with Gasteiger partial charge < -0.3 is 9.47 Å². The van der Waals surface area contributed by atoms with Gasteiger partial charge in [0, 0.05) is 6.54 Å². The molecule has 1 unspecified atom stereocenters. The van der Waals surface area contributed by atoms with Gasteiger partial charge in [0.05, 0.1) is 26.2 Å². The number of carbonyl (C=O) groups excluding carboxylic acids is 2. The van der Waals surface area contributed by atoms with Crippen LogP contribution in [0.25, 0.3) is 0 Å². The van der Waals surface area contributed by atoms with Crippen LogP contribution in [0.15, 0.2) is 0 Å². The fraction of sp³-hybridized carbons (Fsp3) is 0.833. The summed E-state index contributed by atoms with van der Waals surface area (Å²) in [6.07, 6.45) is 0.923. The third-order valence-electron chi connectivity index (χ3n) is 2.34. The Kier molecular flexibility index (Phi) is 8.40. The second kappa shape index (κ2) is 8.98. The molecule has 0 fully saturated rings. The van der Waals surface area contributed by atoms with E-state index in [1.165, 1.54) is 7.11 Å². The molecule has 0 aromatic rings. The van der Waals surface area contributed by atoms with Crippen molar-refractivity contribution in [3.05, 3.63) is 0 Å². The summed E-state index contributed by atoms with van der Waals surface area (Å²) in [7, 11) is 1.36. The lowest BCUT2D eigenvalue weighted by Gasteiger charge is -2.23. The van der Waals surface area contributed by atoms with Crippen LogP contribution in [0, 0.1) is 5.92 Å². The Hall–Kier alpha value is -1.10. The smallest absolute Gasteiger partial charge is 0.319 e. The van der Waals surface area contributed by atoms with Crippen LogP contribution in [0.5, 0.6) is 0 Å². The minimum atomic E-state index is -0.283. The SMILES string of the molecule is CCCN(CC(=O)OC)CC(C)C(=O)OCC. The zero-order chi connectivity index (χ0) is 13.3. The molecule has 0 spiro atoms. The quantitative estimate of drug-likeness (QED) is 0.599. The molecular weight excluding hydrogens is 222 g/mol. The summed E-state index contributed by atoms with van der Waals surface area (Å²) < 4.78 is 9.55. The van der Waals surface area contributed by atoms with Crippen molar-refractivity contribution in [3.63, 3.8) is 0 Å². The van der Waals surface area contributed by atoms with Gasteiger partial charge in [-0.25, -0.2) is 0 Å². The van der Waals surface area contributed by atoms with Gasteiger partial charge in [0.15, 0.2) is 0 Å². The van der Waals surface area contributed by atoms with E-state index in [4.69, 9.17) is 4.74 Å². The van der Waals surface area contributed by atoms with E-state index in [9.17, 15) is 9.59 Å². The Balaban J connectivity index is 4.22. The highest BCUT2D eigenvalue weighted by Gasteiger charge is 2.19. The van der Waals surface area contributed by atoms with Gasteiger partial charge in [-0.1, -0.05) is 13.8 Å². The van der Waals surface area contributed by atoms with Crippen molar-refractivity contribution in [1.29, 1.82) is 0 Å². The molecule has 0 saturated heterocycles. The van der Waals surface area contributed by atoms with Gasteiger partial charge in [-0.2, -0.15) is 0 Å². The van der Waals surface area contributed by atoms with Crippen molar-refractivity contribution in [2.24, 2.45) is 5.92 Å². The monoisotopic (exact) mass is 245 g/mol. The van der Waals surface area contributed by atoms with Crippen molar-refractivity contribution in [3.8, 4) is 0 Å². The molecule has 1 atom stereocenters. The number of rotatable bonds is 8. The fourth-order valence-corrected chi connectivity index (χ4v) is 1.54. The van der Waals surface area contributed by atoms with Crippen molar-refractivity contribution in [1.82, 2.24) is 4.90 Å². The van der Waals surface area contributed by atoms with E-state index in [2.05, 4.69) is 4.74 Å². The third kappa shape index (κ3) is 6.94. The lowest BCUT2D eigenvalue weighted by Crippen LogP contribution is -2.37. The summed E-state index contributed by atoms with van der Waals surface area (Å²) in [6, 6.07) is 0. The molecule has 0 rings (SSSR count). The van der Waals surface area contributed by atoms with Crippen LogP contribution in [-0.2, 0) is 19.1 Å². The molecule has 0 amide bonds. The van der Waals surface area contributed by atoms with E-state index in [-0.39, 0.29) is 24.4 Å². The molecule has 5 nitrogen and oxygen atoms in total. The summed E-state index contributed by atoms with van der Waals surface area (Å²) in [6.45, 7) is 7.49. The first-order valence-electron chi connectivity index (χ1n) is 6.00. The summed E-state index contributed by atoms with van der Waals surface area (Å²) >= 11 is 0. The van der Waals surface area contributed by atoms with E-state index in [0.717, 1.165) is 13.0 Å². The van der Waals surface area contributed by atoms with Crippen LogP contribution in [0.4, 0.5) is 0 Å². The summed E-state index contributed by atoms with van der Waals surface area (Å²) in [5.74, 6) is -0.737. The standard InChI is InChI=1S/C12H23NO4/c1-5-7-13(9-11(14)16-4)8-10(3)12(15)17-6-2/h10H,5-9H2,1-4H3. The van der Waals surface area contributed by atoms with Crippen LogP contribution >= 0.6 is 0 Å². The predicted molar refractivity (Wildman–Crippen MR) is 64.5 cm³/mol. The third-order valence-corrected chi connectivity index (χ3v) is 2.34. The first-order valence-corrected chi connectivity index (χ1v) is 6.00. The van der Waals surface area contributed by atoms with Gasteiger partial charge in [-0.05, 0) is 19.9 Å². The Bertz CT molecular complexity index is 243. The van der Waals surface area contributed by atoms with Crippen molar-refractivity contribution in [2.75, 3.05) is 33.4 Å². The normalized spacial score (nSPS) is 12.3. The van der Waals surface area contributed by atoms with Gasteiger partial charge in [0.1, 0.15) is 0 Å². The molecule has 0 N–H and O–H groups in total. The van der Waals surface area contributed by atoms with E-state index < -0.39 is 0 Å². The van der Waals surface area contributed by atoms with Crippen molar-refractivity contribution >= 4 is 11.9 Å². The predicted octanol–water partition coefficient (Wildman–Crippen LogP) is 1.07. The van der Waals surface area contributed by atoms with E-state index in [0.29, 0.717) is 13.2 Å². The lowest BCUT2D eigenvalue weighted by molar-refractivity contribution is -0.149. The van der Waals surface area contributed by atoms with E-state index in [1.54, 1.807) is 13.8 Å². The first kappa shape index (κ1) is 15.9. The van der Waals surface area contributed by atoms with Crippen molar-refractivity contribution in [2.45, 2.75) is 27.2 Å². The molecule has 0 bridgehead atoms. The Morgan fingerprint density at radius 3 is 2.41 bits per heavy atom. The van der Waals surface area contributed by atoms with E-state index in [1.807, 2.05) is 11.8 Å². The molecular formula is C12H23NO4. The number of esters is 2. The molecule has 100 valence electrons. The van der Waals surface area contributed by atoms with Crippen molar-refractivity contribution < 1.29 is 19.1 Å². The molecule has 0 aliphatic carbocycles. The molecule has 0 saturated carbocycles. The zero-order valence-electron chi connectivity index (χ0n) is 11.2. The number of nitrogens with zero attached hydrogens (tertiary/aromatic N) is 1. The van der Waals surface area contributed by atoms with Crippen LogP contribution < -0.4 is 0 Å². The van der Waals surface area contributed by atoms with Gasteiger partial charge in [0.2, 0.25) is 0 Å². The maximum Gasteiger partial charge on any atom is 0.319 e. The second-order valence-corrected chi connectivity index (χ2v) is 3.96. The molecule has 0 aliphatic heterocycles. The Morgan fingerprint density at radius 1 is 1.29 bits per heavy atom. The van der Waals surface area contributed by atoms with Gasteiger partial charge in [-0.15, -0.1) is 0 Å². The van der Waals surface area contributed by atoms with E-state index >= 15 is 0 Å². The summed E-state index contributed by atoms with van der Waals surface area (Å²) in [5, 5.41) is 0. The summed E-state index contributed by atoms with van der Waals surface area (Å²) in [4.78, 5) is 24.6. The highest BCUT2D eigenvalue weighted by atomic mass is 16.5. The number of hydrogen-bond acceptors (Lipinski definition) is 5. The number of carbonyl (C=O) groups is 2. The highest BCUT2D eigenvalue weighted by Crippen LogP contribution is 2.04.